The number of allylic oxidation sites excluding steroid dienone is 6. The summed E-state index contributed by atoms with van der Waals surface area (Å²) in [5.74, 6) is 3.97. The molecule has 0 amide bonds. The molecule has 4 heteroatoms. The molecule has 3 saturated heterocycles. The fourth-order valence-corrected chi connectivity index (χ4v) is 10.8. The van der Waals surface area contributed by atoms with Crippen molar-refractivity contribution in [2.24, 2.45) is 45.4 Å². The SMILES string of the molecule is CC1CC2OC23C(C)C2C(CC4C5CCC6=CC(=NCCc7ccc(O)cc7)C=CC6(C)C5=CCC42C)N3C1. The monoisotopic (exact) mass is 524 g/mol. The van der Waals surface area contributed by atoms with E-state index in [9.17, 15) is 5.11 Å². The number of nitrogens with zero attached hydrogens (tertiary/aromatic N) is 2. The van der Waals surface area contributed by atoms with Gasteiger partial charge in [-0.3, -0.25) is 9.89 Å². The number of rotatable bonds is 3. The van der Waals surface area contributed by atoms with Crippen LogP contribution in [0.3, 0.4) is 0 Å². The van der Waals surface area contributed by atoms with Gasteiger partial charge in [0.05, 0.1) is 5.71 Å². The van der Waals surface area contributed by atoms with Crippen LogP contribution in [-0.4, -0.2) is 46.7 Å². The maximum Gasteiger partial charge on any atom is 0.151 e. The molecule has 0 radical (unpaired) electrons. The Morgan fingerprint density at radius 1 is 1.13 bits per heavy atom. The standard InChI is InChI=1S/C35H44N2O2/c1-21-17-31-35(39-31)22(2)32-30(37(35)20-21)19-29-27-10-7-24-18-25(36-16-13-23-5-8-26(38)9-6-23)11-14-33(24,3)28(27)12-15-34(29,32)4/h5-6,8-9,11-12,14,18,21-22,27,29-32,38H,7,10,13,15-17,19-20H2,1-4H3. The molecule has 1 aromatic rings. The molecule has 1 spiro atoms. The lowest BCUT2D eigenvalue weighted by Crippen LogP contribution is -2.49. The average Bonchev–Trinajstić information content (AvgIpc) is 3.50. The van der Waals surface area contributed by atoms with Crippen LogP contribution in [0, 0.1) is 40.4 Å². The molecule has 3 aliphatic heterocycles. The van der Waals surface area contributed by atoms with E-state index in [1.807, 2.05) is 12.1 Å². The molecule has 1 aromatic carbocycles. The third kappa shape index (κ3) is 3.28. The van der Waals surface area contributed by atoms with E-state index < -0.39 is 0 Å². The van der Waals surface area contributed by atoms with Crippen LogP contribution in [-0.2, 0) is 11.2 Å². The third-order valence-electron chi connectivity index (χ3n) is 12.6. The summed E-state index contributed by atoms with van der Waals surface area (Å²) >= 11 is 0. The molecule has 2 saturated carbocycles. The van der Waals surface area contributed by atoms with Crippen LogP contribution in [0.2, 0.25) is 0 Å². The largest absolute Gasteiger partial charge is 0.508 e. The summed E-state index contributed by atoms with van der Waals surface area (Å²) in [6, 6.07) is 8.21. The smallest absolute Gasteiger partial charge is 0.151 e. The van der Waals surface area contributed by atoms with E-state index in [-0.39, 0.29) is 11.1 Å². The van der Waals surface area contributed by atoms with Crippen molar-refractivity contribution in [1.29, 1.82) is 0 Å². The molecule has 0 bridgehead atoms. The topological polar surface area (TPSA) is 48.4 Å². The van der Waals surface area contributed by atoms with Gasteiger partial charge in [-0.15, -0.1) is 0 Å². The minimum atomic E-state index is 0.0507. The summed E-state index contributed by atoms with van der Waals surface area (Å²) in [7, 11) is 0. The van der Waals surface area contributed by atoms with Crippen molar-refractivity contribution in [1.82, 2.24) is 4.90 Å². The molecule has 4 aliphatic carbocycles. The van der Waals surface area contributed by atoms with Crippen molar-refractivity contribution >= 4 is 5.71 Å². The predicted molar refractivity (Wildman–Crippen MR) is 156 cm³/mol. The van der Waals surface area contributed by atoms with Gasteiger partial charge in [0.25, 0.3) is 0 Å². The zero-order valence-electron chi connectivity index (χ0n) is 24.1. The Morgan fingerprint density at radius 2 is 1.95 bits per heavy atom. The van der Waals surface area contributed by atoms with Crippen LogP contribution in [0.4, 0.5) is 0 Å². The van der Waals surface area contributed by atoms with Gasteiger partial charge in [-0.25, -0.2) is 0 Å². The van der Waals surface area contributed by atoms with Crippen LogP contribution in [0.5, 0.6) is 5.75 Å². The van der Waals surface area contributed by atoms with E-state index in [1.165, 1.54) is 44.2 Å². The van der Waals surface area contributed by atoms with Crippen molar-refractivity contribution in [3.05, 3.63) is 65.3 Å². The Hall–Kier alpha value is -2.17. The number of hydrogen-bond donors (Lipinski definition) is 1. The number of aliphatic imine (C=N–C) groups is 1. The van der Waals surface area contributed by atoms with Crippen LogP contribution in [0.15, 0.2) is 64.7 Å². The normalized spacial score (nSPS) is 48.3. The summed E-state index contributed by atoms with van der Waals surface area (Å²) < 4.78 is 6.57. The zero-order valence-corrected chi connectivity index (χ0v) is 24.1. The number of phenols is 1. The van der Waals surface area contributed by atoms with E-state index in [4.69, 9.17) is 9.73 Å². The minimum Gasteiger partial charge on any atom is -0.508 e. The summed E-state index contributed by atoms with van der Waals surface area (Å²) in [5, 5.41) is 9.53. The van der Waals surface area contributed by atoms with Crippen LogP contribution >= 0.6 is 0 Å². The fraction of sp³-hybridized carbons (Fsp3) is 0.629. The van der Waals surface area contributed by atoms with Gasteiger partial charge in [0, 0.05) is 30.5 Å². The van der Waals surface area contributed by atoms with Crippen molar-refractivity contribution in [3.63, 3.8) is 0 Å². The van der Waals surface area contributed by atoms with Crippen molar-refractivity contribution < 1.29 is 9.84 Å². The molecule has 39 heavy (non-hydrogen) atoms. The fourth-order valence-electron chi connectivity index (χ4n) is 10.8. The Bertz CT molecular complexity index is 1320. The molecule has 1 N–H and O–H groups in total. The molecular weight excluding hydrogens is 480 g/mol. The lowest BCUT2D eigenvalue weighted by atomic mass is 9.51. The second kappa shape index (κ2) is 8.19. The number of fused-ring (bicyclic) bond motifs is 8. The molecule has 206 valence electrons. The molecule has 3 heterocycles. The number of phenolic OH excluding ortho intramolecular Hbond substituents is 1. The van der Waals surface area contributed by atoms with Gasteiger partial charge in [-0.2, -0.15) is 0 Å². The van der Waals surface area contributed by atoms with Crippen molar-refractivity contribution in [2.45, 2.75) is 84.1 Å². The second-order valence-corrected chi connectivity index (χ2v) is 14.5. The summed E-state index contributed by atoms with van der Waals surface area (Å²) in [5.41, 5.74) is 6.12. The third-order valence-corrected chi connectivity index (χ3v) is 12.6. The Morgan fingerprint density at radius 3 is 2.77 bits per heavy atom. The highest BCUT2D eigenvalue weighted by Gasteiger charge is 2.78. The molecule has 10 atom stereocenters. The first-order valence-electron chi connectivity index (χ1n) is 15.6. The molecule has 10 unspecified atom stereocenters. The summed E-state index contributed by atoms with van der Waals surface area (Å²) in [4.78, 5) is 7.82. The number of ether oxygens (including phenoxy) is 1. The number of aromatic hydroxyl groups is 1. The van der Waals surface area contributed by atoms with Gasteiger partial charge >= 0.3 is 0 Å². The van der Waals surface area contributed by atoms with Crippen molar-refractivity contribution in [2.75, 3.05) is 13.1 Å². The van der Waals surface area contributed by atoms with Gasteiger partial charge in [-0.05, 0) is 104 Å². The Balaban J connectivity index is 1.03. The Kier molecular flexibility index (Phi) is 5.17. The highest BCUT2D eigenvalue weighted by molar-refractivity contribution is 6.06. The molecule has 4 nitrogen and oxygen atoms in total. The molecule has 7 aliphatic rings. The summed E-state index contributed by atoms with van der Waals surface area (Å²) in [6.45, 7) is 12.1. The van der Waals surface area contributed by atoms with Crippen LogP contribution < -0.4 is 0 Å². The van der Waals surface area contributed by atoms with Crippen molar-refractivity contribution in [3.8, 4) is 5.75 Å². The van der Waals surface area contributed by atoms with Gasteiger partial charge in [0.15, 0.2) is 5.72 Å². The summed E-state index contributed by atoms with van der Waals surface area (Å²) in [6.07, 6.45) is 17.6. The van der Waals surface area contributed by atoms with Crippen LogP contribution in [0.25, 0.3) is 0 Å². The highest BCUT2D eigenvalue weighted by atomic mass is 16.6. The quantitative estimate of drug-likeness (QED) is 0.353. The van der Waals surface area contributed by atoms with E-state index in [2.05, 4.69) is 56.9 Å². The average molecular weight is 525 g/mol. The Labute approximate surface area is 233 Å². The lowest BCUT2D eigenvalue weighted by Gasteiger charge is -2.53. The first-order valence-corrected chi connectivity index (χ1v) is 15.6. The van der Waals surface area contributed by atoms with Gasteiger partial charge < -0.3 is 9.84 Å². The predicted octanol–water partition coefficient (Wildman–Crippen LogP) is 6.72. The number of piperidine rings is 1. The number of benzene rings is 1. The highest BCUT2D eigenvalue weighted by Crippen LogP contribution is 2.72. The van der Waals surface area contributed by atoms with Gasteiger partial charge in [0.2, 0.25) is 0 Å². The van der Waals surface area contributed by atoms with E-state index in [1.54, 1.807) is 23.3 Å². The molecule has 0 aromatic heterocycles. The molecule has 5 fully saturated rings. The van der Waals surface area contributed by atoms with E-state index in [0.717, 1.165) is 36.4 Å². The maximum atomic E-state index is 9.53. The van der Waals surface area contributed by atoms with Crippen LogP contribution in [0.1, 0.15) is 65.4 Å². The minimum absolute atomic E-state index is 0.0507. The number of epoxide rings is 1. The second-order valence-electron chi connectivity index (χ2n) is 14.5. The maximum absolute atomic E-state index is 9.53. The first-order chi connectivity index (χ1) is 18.7. The van der Waals surface area contributed by atoms with Gasteiger partial charge in [-0.1, -0.05) is 56.2 Å². The first kappa shape index (κ1) is 24.6. The van der Waals surface area contributed by atoms with Gasteiger partial charge in [0.1, 0.15) is 11.9 Å². The lowest BCUT2D eigenvalue weighted by molar-refractivity contribution is 0.0229. The number of hydrogen-bond acceptors (Lipinski definition) is 4. The zero-order chi connectivity index (χ0) is 26.7. The van der Waals surface area contributed by atoms with E-state index >= 15 is 0 Å². The van der Waals surface area contributed by atoms with E-state index in [0.29, 0.717) is 35.1 Å². The molecular formula is C35H44N2O2. The molecule has 8 rings (SSSR count).